The van der Waals surface area contributed by atoms with Crippen molar-refractivity contribution in [3.8, 4) is 0 Å². The largest absolute Gasteiger partial charge is 0.387 e. The molecule has 0 aliphatic rings. The van der Waals surface area contributed by atoms with Crippen LogP contribution in [0.15, 0.2) is 24.3 Å². The molecular weight excluding hydrogens is 250 g/mol. The van der Waals surface area contributed by atoms with Crippen LogP contribution >= 0.6 is 0 Å². The lowest BCUT2D eigenvalue weighted by Gasteiger charge is -2.23. The van der Waals surface area contributed by atoms with E-state index >= 15 is 0 Å². The van der Waals surface area contributed by atoms with E-state index in [0.717, 1.165) is 31.9 Å². The molecule has 20 heavy (non-hydrogen) atoms. The van der Waals surface area contributed by atoms with E-state index in [1.54, 1.807) is 0 Å². The van der Waals surface area contributed by atoms with E-state index in [0.29, 0.717) is 12.5 Å². The Hall–Kier alpha value is -0.900. The lowest BCUT2D eigenvalue weighted by atomic mass is 10.00. The van der Waals surface area contributed by atoms with Gasteiger partial charge >= 0.3 is 0 Å². The third-order valence-electron chi connectivity index (χ3n) is 3.62. The summed E-state index contributed by atoms with van der Waals surface area (Å²) in [6, 6.07) is 8.30. The molecule has 3 heteroatoms. The fourth-order valence-electron chi connectivity index (χ4n) is 2.17. The molecule has 3 nitrogen and oxygen atoms in total. The van der Waals surface area contributed by atoms with Gasteiger partial charge in [0.05, 0.1) is 12.7 Å². The Morgan fingerprint density at radius 3 is 2.20 bits per heavy atom. The SMILES string of the molecule is CCOCCN(CC)CC(O)c1ccc(C(C)C)cc1. The Labute approximate surface area is 123 Å². The molecule has 0 amide bonds. The maximum Gasteiger partial charge on any atom is 0.0916 e. The number of nitrogens with zero attached hydrogens (tertiary/aromatic N) is 1. The second kappa shape index (κ2) is 9.11. The average Bonchev–Trinajstić information content (AvgIpc) is 2.46. The van der Waals surface area contributed by atoms with E-state index in [9.17, 15) is 5.11 Å². The van der Waals surface area contributed by atoms with Crippen LogP contribution in [0.1, 0.15) is 50.8 Å². The van der Waals surface area contributed by atoms with E-state index in [2.05, 4.69) is 37.8 Å². The standard InChI is InChI=1S/C17H29NO2/c1-5-18(11-12-20-6-2)13-17(19)16-9-7-15(8-10-16)14(3)4/h7-10,14,17,19H,5-6,11-13H2,1-4H3. The van der Waals surface area contributed by atoms with Gasteiger partial charge in [0.1, 0.15) is 0 Å². The van der Waals surface area contributed by atoms with Crippen LogP contribution in [0.3, 0.4) is 0 Å². The summed E-state index contributed by atoms with van der Waals surface area (Å²) in [5, 5.41) is 10.3. The van der Waals surface area contributed by atoms with Crippen molar-refractivity contribution in [2.24, 2.45) is 0 Å². The van der Waals surface area contributed by atoms with Gasteiger partial charge in [0.15, 0.2) is 0 Å². The fraction of sp³-hybridized carbons (Fsp3) is 0.647. The zero-order valence-electron chi connectivity index (χ0n) is 13.3. The monoisotopic (exact) mass is 279 g/mol. The summed E-state index contributed by atoms with van der Waals surface area (Å²) in [5.74, 6) is 0.527. The molecule has 0 aliphatic carbocycles. The molecule has 0 fully saturated rings. The van der Waals surface area contributed by atoms with E-state index < -0.39 is 6.10 Å². The first-order chi connectivity index (χ1) is 9.58. The first kappa shape index (κ1) is 17.2. The summed E-state index contributed by atoms with van der Waals surface area (Å²) in [4.78, 5) is 2.22. The highest BCUT2D eigenvalue weighted by Crippen LogP contribution is 2.19. The number of benzene rings is 1. The van der Waals surface area contributed by atoms with E-state index in [4.69, 9.17) is 4.74 Å². The predicted octanol–water partition coefficient (Wildman–Crippen LogP) is 3.20. The van der Waals surface area contributed by atoms with Crippen molar-refractivity contribution >= 4 is 0 Å². The molecular formula is C17H29NO2. The predicted molar refractivity (Wildman–Crippen MR) is 84.1 cm³/mol. The minimum absolute atomic E-state index is 0.433. The minimum atomic E-state index is -0.433. The minimum Gasteiger partial charge on any atom is -0.387 e. The number of hydrogen-bond donors (Lipinski definition) is 1. The van der Waals surface area contributed by atoms with Crippen molar-refractivity contribution in [1.29, 1.82) is 0 Å². The second-order valence-corrected chi connectivity index (χ2v) is 5.43. The molecule has 0 saturated heterocycles. The first-order valence-electron chi connectivity index (χ1n) is 7.66. The molecule has 114 valence electrons. The van der Waals surface area contributed by atoms with Crippen molar-refractivity contribution in [3.05, 3.63) is 35.4 Å². The number of aliphatic hydroxyl groups is 1. The molecule has 0 aliphatic heterocycles. The molecule has 1 aromatic rings. The van der Waals surface area contributed by atoms with Crippen LogP contribution in [0, 0.1) is 0 Å². The van der Waals surface area contributed by atoms with Crippen LogP contribution in [0.2, 0.25) is 0 Å². The maximum absolute atomic E-state index is 10.3. The van der Waals surface area contributed by atoms with Crippen LogP contribution in [-0.4, -0.2) is 42.9 Å². The van der Waals surface area contributed by atoms with Gasteiger partial charge in [-0.1, -0.05) is 45.0 Å². The Balaban J connectivity index is 2.53. The van der Waals surface area contributed by atoms with Gasteiger partial charge in [-0.15, -0.1) is 0 Å². The van der Waals surface area contributed by atoms with E-state index in [1.807, 2.05) is 19.1 Å². The highest BCUT2D eigenvalue weighted by Gasteiger charge is 2.12. The summed E-state index contributed by atoms with van der Waals surface area (Å²) >= 11 is 0. The van der Waals surface area contributed by atoms with Crippen molar-refractivity contribution in [2.45, 2.75) is 39.7 Å². The number of ether oxygens (including phenoxy) is 1. The molecule has 0 spiro atoms. The molecule has 1 unspecified atom stereocenters. The maximum atomic E-state index is 10.3. The Morgan fingerprint density at radius 1 is 1.10 bits per heavy atom. The molecule has 0 aromatic heterocycles. The van der Waals surface area contributed by atoms with Gasteiger partial charge in [0, 0.05) is 19.7 Å². The summed E-state index contributed by atoms with van der Waals surface area (Å²) in [5.41, 5.74) is 2.30. The van der Waals surface area contributed by atoms with E-state index in [-0.39, 0.29) is 0 Å². The van der Waals surface area contributed by atoms with Crippen LogP contribution in [0.25, 0.3) is 0 Å². The zero-order valence-corrected chi connectivity index (χ0v) is 13.3. The molecule has 0 radical (unpaired) electrons. The van der Waals surface area contributed by atoms with Gasteiger partial charge in [-0.3, -0.25) is 4.90 Å². The van der Waals surface area contributed by atoms with Crippen LogP contribution < -0.4 is 0 Å². The lowest BCUT2D eigenvalue weighted by Crippen LogP contribution is -2.31. The van der Waals surface area contributed by atoms with Crippen LogP contribution in [0.4, 0.5) is 0 Å². The lowest BCUT2D eigenvalue weighted by molar-refractivity contribution is 0.0792. The summed E-state index contributed by atoms with van der Waals surface area (Å²) in [6.45, 7) is 12.4. The second-order valence-electron chi connectivity index (χ2n) is 5.43. The zero-order chi connectivity index (χ0) is 15.0. The Morgan fingerprint density at radius 2 is 1.70 bits per heavy atom. The molecule has 0 bridgehead atoms. The smallest absolute Gasteiger partial charge is 0.0916 e. The van der Waals surface area contributed by atoms with Crippen molar-refractivity contribution in [1.82, 2.24) is 4.90 Å². The van der Waals surface area contributed by atoms with Gasteiger partial charge in [-0.05, 0) is 30.5 Å². The van der Waals surface area contributed by atoms with Crippen molar-refractivity contribution < 1.29 is 9.84 Å². The number of rotatable bonds is 9. The van der Waals surface area contributed by atoms with Gasteiger partial charge in [-0.2, -0.15) is 0 Å². The van der Waals surface area contributed by atoms with Gasteiger partial charge in [0.2, 0.25) is 0 Å². The first-order valence-corrected chi connectivity index (χ1v) is 7.66. The quantitative estimate of drug-likeness (QED) is 0.705. The summed E-state index contributed by atoms with van der Waals surface area (Å²) in [7, 11) is 0. The molecule has 1 rings (SSSR count). The van der Waals surface area contributed by atoms with Crippen LogP contribution in [0.5, 0.6) is 0 Å². The number of hydrogen-bond acceptors (Lipinski definition) is 3. The van der Waals surface area contributed by atoms with Crippen molar-refractivity contribution in [2.75, 3.05) is 32.8 Å². The van der Waals surface area contributed by atoms with Crippen LogP contribution in [-0.2, 0) is 4.74 Å². The van der Waals surface area contributed by atoms with Gasteiger partial charge in [-0.25, -0.2) is 0 Å². The highest BCUT2D eigenvalue weighted by molar-refractivity contribution is 5.26. The summed E-state index contributed by atoms with van der Waals surface area (Å²) < 4.78 is 5.37. The molecule has 1 atom stereocenters. The average molecular weight is 279 g/mol. The summed E-state index contributed by atoms with van der Waals surface area (Å²) in [6.07, 6.45) is -0.433. The fourth-order valence-corrected chi connectivity index (χ4v) is 2.17. The Kier molecular flexibility index (Phi) is 7.82. The Bertz CT molecular complexity index is 362. The molecule has 1 aromatic carbocycles. The molecule has 0 saturated carbocycles. The number of likely N-dealkylation sites (N-methyl/N-ethyl adjacent to an activating group) is 1. The third-order valence-corrected chi connectivity index (χ3v) is 3.62. The highest BCUT2D eigenvalue weighted by atomic mass is 16.5. The molecule has 1 N–H and O–H groups in total. The topological polar surface area (TPSA) is 32.7 Å². The normalized spacial score (nSPS) is 13.2. The van der Waals surface area contributed by atoms with Gasteiger partial charge in [0.25, 0.3) is 0 Å². The number of aliphatic hydroxyl groups excluding tert-OH is 1. The third kappa shape index (κ3) is 5.61. The van der Waals surface area contributed by atoms with Crippen molar-refractivity contribution in [3.63, 3.8) is 0 Å². The molecule has 0 heterocycles. The van der Waals surface area contributed by atoms with E-state index in [1.165, 1.54) is 5.56 Å². The van der Waals surface area contributed by atoms with Gasteiger partial charge < -0.3 is 9.84 Å².